The average Bonchev–Trinajstić information content (AvgIpc) is 2.91. The van der Waals surface area contributed by atoms with Crippen molar-refractivity contribution in [3.8, 4) is 11.5 Å². The zero-order valence-electron chi connectivity index (χ0n) is 22.0. The maximum absolute atomic E-state index is 13.5. The molecule has 0 atom stereocenters. The van der Waals surface area contributed by atoms with Crippen LogP contribution in [0.1, 0.15) is 55.6 Å². The molecule has 0 saturated carbocycles. The van der Waals surface area contributed by atoms with Gasteiger partial charge in [0, 0.05) is 70.6 Å². The van der Waals surface area contributed by atoms with Gasteiger partial charge in [-0.2, -0.15) is 0 Å². The van der Waals surface area contributed by atoms with Gasteiger partial charge in [-0.1, -0.05) is 40.9 Å². The second kappa shape index (κ2) is 11.9. The first-order valence-electron chi connectivity index (χ1n) is 13.1. The monoisotopic (exact) mass is 589 g/mol. The fourth-order valence-corrected chi connectivity index (χ4v) is 6.57. The van der Waals surface area contributed by atoms with E-state index in [-0.39, 0.29) is 18.2 Å². The van der Waals surface area contributed by atoms with Crippen LogP contribution in [-0.4, -0.2) is 43.8 Å². The number of hydrogen-bond acceptors (Lipinski definition) is 6. The lowest BCUT2D eigenvalue weighted by Crippen LogP contribution is -2.40. The summed E-state index contributed by atoms with van der Waals surface area (Å²) in [6.07, 6.45) is 4.04. The van der Waals surface area contributed by atoms with Crippen molar-refractivity contribution in [1.29, 1.82) is 0 Å². The van der Waals surface area contributed by atoms with Crippen LogP contribution in [0.2, 0.25) is 15.1 Å². The van der Waals surface area contributed by atoms with Crippen LogP contribution in [0.5, 0.6) is 11.5 Å². The van der Waals surface area contributed by atoms with E-state index in [0.717, 1.165) is 48.2 Å². The molecule has 3 aliphatic rings. The molecular formula is C30H30Cl3NO5. The summed E-state index contributed by atoms with van der Waals surface area (Å²) < 4.78 is 17.1. The van der Waals surface area contributed by atoms with Crippen molar-refractivity contribution in [2.75, 3.05) is 27.4 Å². The van der Waals surface area contributed by atoms with Gasteiger partial charge in [0.1, 0.15) is 6.61 Å². The summed E-state index contributed by atoms with van der Waals surface area (Å²) in [7, 11) is 3.20. The molecule has 0 aromatic heterocycles. The first kappa shape index (κ1) is 28.0. The van der Waals surface area contributed by atoms with Crippen molar-refractivity contribution in [3.63, 3.8) is 0 Å². The van der Waals surface area contributed by atoms with Crippen molar-refractivity contribution in [3.05, 3.63) is 79.1 Å². The minimum Gasteiger partial charge on any atom is -0.493 e. The predicted octanol–water partition coefficient (Wildman–Crippen LogP) is 7.29. The van der Waals surface area contributed by atoms with Crippen molar-refractivity contribution < 1.29 is 23.8 Å². The molecule has 2 aromatic carbocycles. The van der Waals surface area contributed by atoms with E-state index in [9.17, 15) is 9.59 Å². The molecule has 9 heteroatoms. The third-order valence-electron chi connectivity index (χ3n) is 7.58. The number of Topliss-reactive ketones (excluding diaryl/α,β-unsaturated/α-hetero) is 2. The Hall–Kier alpha value is -2.51. The number of carbonyl (C=O) groups is 2. The van der Waals surface area contributed by atoms with E-state index in [1.165, 1.54) is 7.11 Å². The third kappa shape index (κ3) is 5.45. The number of ketones is 2. The number of carbonyl (C=O) groups excluding carboxylic acids is 2. The summed E-state index contributed by atoms with van der Waals surface area (Å²) in [5, 5.41) is 1.35. The van der Waals surface area contributed by atoms with Gasteiger partial charge in [0.25, 0.3) is 0 Å². The van der Waals surface area contributed by atoms with Crippen LogP contribution in [0.4, 0.5) is 0 Å². The summed E-state index contributed by atoms with van der Waals surface area (Å²) in [4.78, 5) is 29.1. The van der Waals surface area contributed by atoms with Crippen LogP contribution in [0, 0.1) is 0 Å². The molecule has 0 bridgehead atoms. The van der Waals surface area contributed by atoms with E-state index in [0.29, 0.717) is 63.7 Å². The van der Waals surface area contributed by atoms with E-state index < -0.39 is 5.92 Å². The zero-order valence-corrected chi connectivity index (χ0v) is 24.2. The number of rotatable bonds is 8. The highest BCUT2D eigenvalue weighted by Gasteiger charge is 2.43. The van der Waals surface area contributed by atoms with Gasteiger partial charge in [0.2, 0.25) is 0 Å². The second-order valence-corrected chi connectivity index (χ2v) is 11.2. The Bertz CT molecular complexity index is 1340. The lowest BCUT2D eigenvalue weighted by Gasteiger charge is -2.44. The molecule has 5 rings (SSSR count). The minimum absolute atomic E-state index is 0.0707. The van der Waals surface area contributed by atoms with Crippen molar-refractivity contribution >= 4 is 46.4 Å². The largest absolute Gasteiger partial charge is 0.493 e. The zero-order chi connectivity index (χ0) is 27.7. The third-order valence-corrected chi connectivity index (χ3v) is 8.45. The van der Waals surface area contributed by atoms with Crippen molar-refractivity contribution in [2.45, 2.75) is 51.0 Å². The molecule has 0 amide bonds. The Morgan fingerprint density at radius 1 is 0.872 bits per heavy atom. The second-order valence-electron chi connectivity index (χ2n) is 9.91. The normalized spacial score (nSPS) is 17.9. The Kier molecular flexibility index (Phi) is 8.57. The highest BCUT2D eigenvalue weighted by Crippen LogP contribution is 2.51. The highest BCUT2D eigenvalue weighted by atomic mass is 35.5. The molecule has 0 saturated heterocycles. The number of halogens is 3. The maximum atomic E-state index is 13.5. The molecule has 2 aromatic rings. The van der Waals surface area contributed by atoms with Crippen LogP contribution in [0.3, 0.4) is 0 Å². The fourth-order valence-electron chi connectivity index (χ4n) is 5.84. The lowest BCUT2D eigenvalue weighted by molar-refractivity contribution is -0.117. The smallest absolute Gasteiger partial charge is 0.180 e. The van der Waals surface area contributed by atoms with E-state index in [4.69, 9.17) is 49.0 Å². The van der Waals surface area contributed by atoms with Crippen molar-refractivity contribution in [1.82, 2.24) is 4.90 Å². The topological polar surface area (TPSA) is 65.1 Å². The quantitative estimate of drug-likeness (QED) is 0.322. The van der Waals surface area contributed by atoms with E-state index in [1.54, 1.807) is 31.4 Å². The Balaban J connectivity index is 1.58. The average molecular weight is 591 g/mol. The minimum atomic E-state index is -0.499. The van der Waals surface area contributed by atoms with Gasteiger partial charge in [-0.25, -0.2) is 0 Å². The van der Waals surface area contributed by atoms with Gasteiger partial charge in [0.05, 0.1) is 18.7 Å². The van der Waals surface area contributed by atoms with Gasteiger partial charge >= 0.3 is 0 Å². The van der Waals surface area contributed by atoms with E-state index >= 15 is 0 Å². The lowest BCUT2D eigenvalue weighted by atomic mass is 9.71. The Labute approximate surface area is 243 Å². The molecule has 206 valence electrons. The molecule has 39 heavy (non-hydrogen) atoms. The molecule has 0 spiro atoms. The number of nitrogens with zero attached hydrogens (tertiary/aromatic N) is 1. The summed E-state index contributed by atoms with van der Waals surface area (Å²) in [5.74, 6) is 0.420. The fraction of sp³-hybridized carbons (Fsp3) is 0.400. The molecule has 1 aliphatic heterocycles. The number of ether oxygens (including phenoxy) is 3. The molecular weight excluding hydrogens is 561 g/mol. The van der Waals surface area contributed by atoms with Gasteiger partial charge < -0.3 is 19.1 Å². The first-order valence-corrected chi connectivity index (χ1v) is 14.2. The van der Waals surface area contributed by atoms with Gasteiger partial charge in [-0.3, -0.25) is 9.59 Å². The number of benzene rings is 2. The Morgan fingerprint density at radius 3 is 2.13 bits per heavy atom. The highest BCUT2D eigenvalue weighted by molar-refractivity contribution is 6.35. The Morgan fingerprint density at radius 2 is 1.54 bits per heavy atom. The SMILES string of the molecule is COCCN1C2=C(C(=O)CCC2)C(c2cc(Cl)c(OCc3ccc(Cl)cc3Cl)c(OC)c2)C2=C1CCCC2=O. The number of hydrogen-bond donors (Lipinski definition) is 0. The summed E-state index contributed by atoms with van der Waals surface area (Å²) in [6.45, 7) is 1.26. The standard InChI is InChI=1S/C30H30Cl3NO5/c1-37-12-11-34-22-5-3-7-24(35)28(22)27(29-23(34)6-4-8-25(29)36)18-13-21(33)30(26(14-18)38-2)39-16-17-9-10-19(31)15-20(17)32/h9-10,13-15,27H,3-8,11-12,16H2,1-2H3. The van der Waals surface area contributed by atoms with Crippen molar-refractivity contribution in [2.24, 2.45) is 0 Å². The molecule has 1 heterocycles. The molecule has 6 nitrogen and oxygen atoms in total. The van der Waals surface area contributed by atoms with Crippen LogP contribution in [0.25, 0.3) is 0 Å². The van der Waals surface area contributed by atoms with Crippen LogP contribution >= 0.6 is 34.8 Å². The van der Waals surface area contributed by atoms with Crippen LogP contribution in [0.15, 0.2) is 52.9 Å². The summed E-state index contributed by atoms with van der Waals surface area (Å²) in [5.41, 5.74) is 4.85. The predicted molar refractivity (Wildman–Crippen MR) is 152 cm³/mol. The van der Waals surface area contributed by atoms with Crippen LogP contribution in [-0.2, 0) is 20.9 Å². The molecule has 2 aliphatic carbocycles. The van der Waals surface area contributed by atoms with Crippen LogP contribution < -0.4 is 9.47 Å². The van der Waals surface area contributed by atoms with E-state index in [1.807, 2.05) is 6.07 Å². The molecule has 0 radical (unpaired) electrons. The van der Waals surface area contributed by atoms with Gasteiger partial charge in [0.15, 0.2) is 23.1 Å². The summed E-state index contributed by atoms with van der Waals surface area (Å²) >= 11 is 19.1. The molecule has 0 N–H and O–H groups in total. The summed E-state index contributed by atoms with van der Waals surface area (Å²) in [6, 6.07) is 8.81. The first-order chi connectivity index (χ1) is 18.8. The number of allylic oxidation sites excluding steroid dienone is 4. The van der Waals surface area contributed by atoms with E-state index in [2.05, 4.69) is 4.90 Å². The maximum Gasteiger partial charge on any atom is 0.180 e. The molecule has 0 unspecified atom stereocenters. The van der Waals surface area contributed by atoms with Gasteiger partial charge in [-0.15, -0.1) is 0 Å². The molecule has 0 fully saturated rings. The van der Waals surface area contributed by atoms with Gasteiger partial charge in [-0.05, 0) is 55.5 Å². The number of methoxy groups -OCH3 is 2.